The van der Waals surface area contributed by atoms with Crippen LogP contribution in [-0.2, 0) is 0 Å². The minimum atomic E-state index is 1.04. The van der Waals surface area contributed by atoms with E-state index in [1.54, 1.807) is 12.8 Å². The summed E-state index contributed by atoms with van der Waals surface area (Å²) in [5, 5.41) is 0. The van der Waals surface area contributed by atoms with E-state index in [-0.39, 0.29) is 0 Å². The monoisotopic (exact) mass is 177 g/mol. The SMILES string of the molecule is [CH]1C2CCCCC2C2CCCCC12. The van der Waals surface area contributed by atoms with Crippen LogP contribution >= 0.6 is 0 Å². The van der Waals surface area contributed by atoms with Gasteiger partial charge in [0.1, 0.15) is 0 Å². The van der Waals surface area contributed by atoms with Crippen LogP contribution < -0.4 is 0 Å². The van der Waals surface area contributed by atoms with Crippen LogP contribution in [0.5, 0.6) is 0 Å². The summed E-state index contributed by atoms with van der Waals surface area (Å²) in [5.74, 6) is 4.33. The molecule has 0 bridgehead atoms. The summed E-state index contributed by atoms with van der Waals surface area (Å²) in [6.07, 6.45) is 15.0. The largest absolute Gasteiger partial charge is 0.0530 e. The van der Waals surface area contributed by atoms with Crippen molar-refractivity contribution in [1.82, 2.24) is 0 Å². The molecule has 73 valence electrons. The Kier molecular flexibility index (Phi) is 2.11. The summed E-state index contributed by atoms with van der Waals surface area (Å²) in [4.78, 5) is 0. The van der Waals surface area contributed by atoms with Crippen LogP contribution in [0.4, 0.5) is 0 Å². The summed E-state index contributed by atoms with van der Waals surface area (Å²) >= 11 is 0. The van der Waals surface area contributed by atoms with Gasteiger partial charge in [0.25, 0.3) is 0 Å². The van der Waals surface area contributed by atoms with Gasteiger partial charge in [-0.25, -0.2) is 0 Å². The van der Waals surface area contributed by atoms with Crippen LogP contribution in [0.3, 0.4) is 0 Å². The highest BCUT2D eigenvalue weighted by atomic mass is 14.5. The molecule has 0 nitrogen and oxygen atoms in total. The lowest BCUT2D eigenvalue weighted by molar-refractivity contribution is 0.184. The maximum absolute atomic E-state index is 2.76. The number of rotatable bonds is 0. The Balaban J connectivity index is 1.76. The van der Waals surface area contributed by atoms with Crippen molar-refractivity contribution in [3.63, 3.8) is 0 Å². The first-order valence-corrected chi connectivity index (χ1v) is 6.30. The van der Waals surface area contributed by atoms with Gasteiger partial charge in [-0.2, -0.15) is 0 Å². The summed E-state index contributed by atoms with van der Waals surface area (Å²) in [7, 11) is 0. The third kappa shape index (κ3) is 1.33. The third-order valence-electron chi connectivity index (χ3n) is 4.79. The van der Waals surface area contributed by atoms with Gasteiger partial charge < -0.3 is 0 Å². The third-order valence-corrected chi connectivity index (χ3v) is 4.79. The molecule has 0 aromatic rings. The fourth-order valence-electron chi connectivity index (χ4n) is 4.24. The van der Waals surface area contributed by atoms with Gasteiger partial charge in [-0.15, -0.1) is 0 Å². The topological polar surface area (TPSA) is 0 Å². The van der Waals surface area contributed by atoms with Crippen LogP contribution in [0, 0.1) is 30.1 Å². The van der Waals surface area contributed by atoms with E-state index >= 15 is 0 Å². The molecule has 3 saturated carbocycles. The molecule has 0 saturated heterocycles. The molecule has 0 spiro atoms. The first-order valence-electron chi connectivity index (χ1n) is 6.30. The predicted octanol–water partition coefficient (Wildman–Crippen LogP) is 3.82. The summed E-state index contributed by atoms with van der Waals surface area (Å²) in [5.41, 5.74) is 0. The van der Waals surface area contributed by atoms with Crippen LogP contribution in [0.15, 0.2) is 0 Å². The highest BCUT2D eigenvalue weighted by Gasteiger charge is 2.44. The molecule has 3 aliphatic carbocycles. The van der Waals surface area contributed by atoms with Crippen LogP contribution in [0.1, 0.15) is 51.4 Å². The fourth-order valence-corrected chi connectivity index (χ4v) is 4.24. The molecular weight excluding hydrogens is 156 g/mol. The van der Waals surface area contributed by atoms with Crippen molar-refractivity contribution in [3.8, 4) is 0 Å². The molecule has 3 rings (SSSR count). The maximum atomic E-state index is 2.76. The van der Waals surface area contributed by atoms with Gasteiger partial charge in [0.05, 0.1) is 0 Å². The molecular formula is C13H21. The average molecular weight is 177 g/mol. The molecule has 1 radical (unpaired) electrons. The van der Waals surface area contributed by atoms with Gasteiger partial charge in [-0.3, -0.25) is 0 Å². The smallest absolute Gasteiger partial charge is 0.0318 e. The summed E-state index contributed by atoms with van der Waals surface area (Å²) in [6, 6.07) is 0. The quantitative estimate of drug-likeness (QED) is 0.527. The lowest BCUT2D eigenvalue weighted by Gasteiger charge is -2.32. The molecule has 3 fully saturated rings. The highest BCUT2D eigenvalue weighted by Crippen LogP contribution is 2.53. The zero-order valence-corrected chi connectivity index (χ0v) is 8.54. The highest BCUT2D eigenvalue weighted by molar-refractivity contribution is 5.04. The van der Waals surface area contributed by atoms with E-state index in [4.69, 9.17) is 0 Å². The molecule has 3 aliphatic rings. The Bertz CT molecular complexity index is 164. The number of hydrogen-bond acceptors (Lipinski definition) is 0. The number of fused-ring (bicyclic) bond motifs is 3. The molecule has 0 N–H and O–H groups in total. The van der Waals surface area contributed by atoms with Crippen molar-refractivity contribution in [2.24, 2.45) is 23.7 Å². The van der Waals surface area contributed by atoms with Gasteiger partial charge >= 0.3 is 0 Å². The zero-order chi connectivity index (χ0) is 8.67. The van der Waals surface area contributed by atoms with E-state index in [0.717, 1.165) is 23.7 Å². The lowest BCUT2D eigenvalue weighted by atomic mass is 9.73. The van der Waals surface area contributed by atoms with Gasteiger partial charge in [0, 0.05) is 0 Å². The molecule has 0 aromatic carbocycles. The Morgan fingerprint density at radius 1 is 0.615 bits per heavy atom. The van der Waals surface area contributed by atoms with E-state index in [1.807, 2.05) is 0 Å². The van der Waals surface area contributed by atoms with Gasteiger partial charge in [0.2, 0.25) is 0 Å². The van der Waals surface area contributed by atoms with Gasteiger partial charge in [-0.05, 0) is 55.8 Å². The van der Waals surface area contributed by atoms with E-state index in [9.17, 15) is 0 Å². The van der Waals surface area contributed by atoms with Crippen LogP contribution in [0.2, 0.25) is 0 Å². The molecule has 0 heteroatoms. The van der Waals surface area contributed by atoms with Crippen molar-refractivity contribution in [3.05, 3.63) is 6.42 Å². The minimum Gasteiger partial charge on any atom is -0.0530 e. The molecule has 0 amide bonds. The Hall–Kier alpha value is 0. The number of hydrogen-bond donors (Lipinski definition) is 0. The Morgan fingerprint density at radius 2 is 1.08 bits per heavy atom. The molecule has 0 aliphatic heterocycles. The Labute approximate surface area is 82.1 Å². The fraction of sp³-hybridized carbons (Fsp3) is 0.923. The van der Waals surface area contributed by atoms with Crippen LogP contribution in [-0.4, -0.2) is 0 Å². The zero-order valence-electron chi connectivity index (χ0n) is 8.54. The van der Waals surface area contributed by atoms with Crippen molar-refractivity contribution < 1.29 is 0 Å². The van der Waals surface area contributed by atoms with Crippen LogP contribution in [0.25, 0.3) is 0 Å². The first-order chi connectivity index (χ1) is 6.45. The normalized spacial score (nSPS) is 49.8. The van der Waals surface area contributed by atoms with Gasteiger partial charge in [-0.1, -0.05) is 25.7 Å². The van der Waals surface area contributed by atoms with Crippen molar-refractivity contribution in [2.75, 3.05) is 0 Å². The van der Waals surface area contributed by atoms with Gasteiger partial charge in [0.15, 0.2) is 0 Å². The van der Waals surface area contributed by atoms with E-state index in [2.05, 4.69) is 6.42 Å². The Morgan fingerprint density at radius 3 is 1.62 bits per heavy atom. The minimum absolute atomic E-state index is 1.04. The van der Waals surface area contributed by atoms with Crippen molar-refractivity contribution in [2.45, 2.75) is 51.4 Å². The standard InChI is InChI=1S/C13H21/c1-3-7-12-10(5-1)9-11-6-2-4-8-13(11)12/h9-13H,1-8H2. The molecule has 0 heterocycles. The molecule has 13 heavy (non-hydrogen) atoms. The summed E-state index contributed by atoms with van der Waals surface area (Å²) < 4.78 is 0. The second-order valence-corrected chi connectivity index (χ2v) is 5.42. The molecule has 4 unspecified atom stereocenters. The predicted molar refractivity (Wildman–Crippen MR) is 55.2 cm³/mol. The van der Waals surface area contributed by atoms with Crippen molar-refractivity contribution >= 4 is 0 Å². The van der Waals surface area contributed by atoms with E-state index in [0.29, 0.717) is 0 Å². The lowest BCUT2D eigenvalue weighted by Crippen LogP contribution is -2.22. The van der Waals surface area contributed by atoms with E-state index in [1.165, 1.54) is 38.5 Å². The second kappa shape index (κ2) is 3.29. The van der Waals surface area contributed by atoms with Crippen molar-refractivity contribution in [1.29, 1.82) is 0 Å². The maximum Gasteiger partial charge on any atom is -0.0318 e. The second-order valence-electron chi connectivity index (χ2n) is 5.42. The average Bonchev–Trinajstić information content (AvgIpc) is 2.56. The summed E-state index contributed by atoms with van der Waals surface area (Å²) in [6.45, 7) is 0. The van der Waals surface area contributed by atoms with E-state index < -0.39 is 0 Å². The molecule has 0 aromatic heterocycles. The first kappa shape index (κ1) is 8.32. The molecule has 4 atom stereocenters.